The molecule has 1 fully saturated rings. The van der Waals surface area contributed by atoms with Crippen molar-refractivity contribution < 1.29 is 27.4 Å². The van der Waals surface area contributed by atoms with Crippen LogP contribution in [0.25, 0.3) is 16.0 Å². The van der Waals surface area contributed by atoms with Gasteiger partial charge in [0.15, 0.2) is 0 Å². The number of carbonyl (C=O) groups excluding carboxylic acids is 1. The van der Waals surface area contributed by atoms with Crippen LogP contribution in [0.2, 0.25) is 0 Å². The molecule has 1 aliphatic heterocycles. The number of hydrogen-bond donors (Lipinski definition) is 2. The molecule has 3 N–H and O–H groups in total. The van der Waals surface area contributed by atoms with E-state index in [0.717, 1.165) is 54.4 Å². The summed E-state index contributed by atoms with van der Waals surface area (Å²) >= 11 is 1.08. The van der Waals surface area contributed by atoms with Gasteiger partial charge in [-0.1, -0.05) is 18.2 Å². The number of hydrogen-bond acceptors (Lipinski definition) is 6. The largest absolute Gasteiger partial charge is 0.490 e. The Labute approximate surface area is 215 Å². The number of alkyl halides is 3. The lowest BCUT2D eigenvalue weighted by Gasteiger charge is -2.23. The maximum atomic E-state index is 13.5. The average molecular weight is 531 g/mol. The number of nitrogens with zero attached hydrogens (tertiary/aromatic N) is 2. The molecular weight excluding hydrogens is 505 g/mol. The van der Waals surface area contributed by atoms with Gasteiger partial charge in [0.1, 0.15) is 39.9 Å². The van der Waals surface area contributed by atoms with E-state index in [2.05, 4.69) is 10.3 Å². The summed E-state index contributed by atoms with van der Waals surface area (Å²) in [5.74, 6) is 0.0875. The zero-order valence-electron chi connectivity index (χ0n) is 19.9. The Morgan fingerprint density at radius 1 is 1.19 bits per heavy atom. The fourth-order valence-corrected chi connectivity index (χ4v) is 5.37. The smallest absolute Gasteiger partial charge is 0.416 e. The van der Waals surface area contributed by atoms with Crippen LogP contribution in [0.15, 0.2) is 54.9 Å². The van der Waals surface area contributed by atoms with Gasteiger partial charge in [-0.25, -0.2) is 4.98 Å². The molecule has 0 radical (unpaired) electrons. The van der Waals surface area contributed by atoms with Gasteiger partial charge in [0, 0.05) is 17.7 Å². The number of thiophene rings is 1. The lowest BCUT2D eigenvalue weighted by molar-refractivity contribution is -0.139. The van der Waals surface area contributed by atoms with Crippen LogP contribution in [-0.2, 0) is 6.18 Å². The number of aromatic nitrogens is 2. The van der Waals surface area contributed by atoms with Gasteiger partial charge in [-0.3, -0.25) is 9.36 Å². The highest BCUT2D eigenvalue weighted by atomic mass is 32.1. The summed E-state index contributed by atoms with van der Waals surface area (Å²) in [6.45, 7) is 3.32. The van der Waals surface area contributed by atoms with Crippen LogP contribution < -0.4 is 20.5 Å². The number of rotatable bonds is 7. The van der Waals surface area contributed by atoms with E-state index < -0.39 is 23.8 Å². The second-order valence-electron chi connectivity index (χ2n) is 8.82. The Kier molecular flexibility index (Phi) is 6.82. The van der Waals surface area contributed by atoms with E-state index in [1.807, 2.05) is 18.2 Å². The Hall–Kier alpha value is -3.57. The maximum Gasteiger partial charge on any atom is 0.416 e. The number of amides is 1. The highest BCUT2D eigenvalue weighted by Gasteiger charge is 2.35. The van der Waals surface area contributed by atoms with Crippen LogP contribution >= 0.6 is 11.3 Å². The van der Waals surface area contributed by atoms with Gasteiger partial charge in [-0.15, -0.1) is 11.3 Å². The van der Waals surface area contributed by atoms with E-state index in [0.29, 0.717) is 10.8 Å². The first-order chi connectivity index (χ1) is 17.7. The number of benzene rings is 2. The molecule has 1 amide bonds. The molecule has 1 saturated heterocycles. The number of fused-ring (bicyclic) bond motifs is 1. The minimum atomic E-state index is -4.54. The SMILES string of the molecule is C[C@H](Oc1cc(-n2cnc3ccc(OC4CCNCC4)cc32)sc1C(N)=O)c1ccccc1C(F)(F)F. The minimum absolute atomic E-state index is 0.0362. The van der Waals surface area contributed by atoms with Gasteiger partial charge in [0.2, 0.25) is 0 Å². The first-order valence-corrected chi connectivity index (χ1v) is 12.6. The van der Waals surface area contributed by atoms with Gasteiger partial charge in [0.05, 0.1) is 16.6 Å². The number of carbonyl (C=O) groups is 1. The Morgan fingerprint density at radius 3 is 2.68 bits per heavy atom. The van der Waals surface area contributed by atoms with E-state index in [-0.39, 0.29) is 22.3 Å². The molecule has 0 spiro atoms. The van der Waals surface area contributed by atoms with Gasteiger partial charge in [-0.05, 0) is 51.1 Å². The van der Waals surface area contributed by atoms with Crippen LogP contribution in [0.5, 0.6) is 11.5 Å². The zero-order chi connectivity index (χ0) is 26.2. The second-order valence-corrected chi connectivity index (χ2v) is 9.85. The number of ether oxygens (including phenoxy) is 2. The Balaban J connectivity index is 1.46. The summed E-state index contributed by atoms with van der Waals surface area (Å²) in [6.07, 6.45) is -1.95. The quantitative estimate of drug-likeness (QED) is 0.330. The normalized spacial score (nSPS) is 15.6. The number of halogens is 3. The van der Waals surface area contributed by atoms with Gasteiger partial charge in [0.25, 0.3) is 5.91 Å². The summed E-state index contributed by atoms with van der Waals surface area (Å²) in [5.41, 5.74) is 6.25. The van der Waals surface area contributed by atoms with Crippen molar-refractivity contribution in [2.45, 2.75) is 38.1 Å². The topological polar surface area (TPSA) is 91.4 Å². The molecule has 1 aliphatic rings. The van der Waals surface area contributed by atoms with E-state index in [1.54, 1.807) is 17.0 Å². The van der Waals surface area contributed by atoms with Crippen LogP contribution in [0, 0.1) is 0 Å². The van der Waals surface area contributed by atoms with Crippen molar-refractivity contribution >= 4 is 28.3 Å². The fourth-order valence-electron chi connectivity index (χ4n) is 4.45. The predicted octanol–water partition coefficient (Wildman–Crippen LogP) is 5.48. The first-order valence-electron chi connectivity index (χ1n) is 11.8. The Morgan fingerprint density at radius 2 is 1.95 bits per heavy atom. The molecule has 5 rings (SSSR count). The van der Waals surface area contributed by atoms with Crippen molar-refractivity contribution in [2.24, 2.45) is 5.73 Å². The molecule has 1 atom stereocenters. The molecular formula is C26H25F3N4O3S. The summed E-state index contributed by atoms with van der Waals surface area (Å²) < 4.78 is 54.4. The van der Waals surface area contributed by atoms with Gasteiger partial charge in [-0.2, -0.15) is 13.2 Å². The van der Waals surface area contributed by atoms with Crippen LogP contribution in [0.1, 0.15) is 46.7 Å². The predicted molar refractivity (Wildman–Crippen MR) is 134 cm³/mol. The van der Waals surface area contributed by atoms with Crippen molar-refractivity contribution in [2.75, 3.05) is 13.1 Å². The first kappa shape index (κ1) is 25.1. The van der Waals surface area contributed by atoms with E-state index in [4.69, 9.17) is 15.2 Å². The second kappa shape index (κ2) is 10.1. The number of piperidine rings is 1. The van der Waals surface area contributed by atoms with Crippen molar-refractivity contribution in [3.63, 3.8) is 0 Å². The van der Waals surface area contributed by atoms with Crippen LogP contribution in [-0.4, -0.2) is 34.7 Å². The summed E-state index contributed by atoms with van der Waals surface area (Å²) in [4.78, 5) is 16.8. The number of nitrogens with one attached hydrogen (secondary N) is 1. The average Bonchev–Trinajstić information content (AvgIpc) is 3.48. The molecule has 0 unspecified atom stereocenters. The fraction of sp³-hybridized carbons (Fsp3) is 0.308. The zero-order valence-corrected chi connectivity index (χ0v) is 20.7. The highest BCUT2D eigenvalue weighted by molar-refractivity contribution is 7.16. The molecule has 3 heterocycles. The monoisotopic (exact) mass is 530 g/mol. The molecule has 2 aromatic carbocycles. The minimum Gasteiger partial charge on any atom is -0.490 e. The summed E-state index contributed by atoms with van der Waals surface area (Å²) in [6, 6.07) is 12.4. The third-order valence-electron chi connectivity index (χ3n) is 6.26. The number of nitrogens with two attached hydrogens (primary N) is 1. The lowest BCUT2D eigenvalue weighted by atomic mass is 10.0. The van der Waals surface area contributed by atoms with Crippen molar-refractivity contribution in [1.29, 1.82) is 0 Å². The van der Waals surface area contributed by atoms with Crippen LogP contribution in [0.3, 0.4) is 0 Å². The lowest BCUT2D eigenvalue weighted by Crippen LogP contribution is -2.34. The molecule has 11 heteroatoms. The molecule has 7 nitrogen and oxygen atoms in total. The highest BCUT2D eigenvalue weighted by Crippen LogP contribution is 2.39. The Bertz CT molecular complexity index is 1430. The standard InChI is InChI=1S/C26H25F3N4O3S/c1-15(18-4-2-3-5-19(18)26(27,28)29)35-22-13-23(37-24(22)25(30)34)33-14-32-20-7-6-17(12-21(20)33)36-16-8-10-31-11-9-16/h2-7,12-16,31H,8-11H2,1H3,(H2,30,34)/t15-/m0/s1. The van der Waals surface area contributed by atoms with Crippen LogP contribution in [0.4, 0.5) is 13.2 Å². The van der Waals surface area contributed by atoms with Crippen molar-refractivity contribution in [1.82, 2.24) is 14.9 Å². The van der Waals surface area contributed by atoms with E-state index in [9.17, 15) is 18.0 Å². The van der Waals surface area contributed by atoms with Crippen molar-refractivity contribution in [3.05, 3.63) is 70.9 Å². The molecule has 0 bridgehead atoms. The molecule has 37 heavy (non-hydrogen) atoms. The van der Waals surface area contributed by atoms with E-state index >= 15 is 0 Å². The molecule has 4 aromatic rings. The van der Waals surface area contributed by atoms with Gasteiger partial charge < -0.3 is 20.5 Å². The number of imidazole rings is 1. The van der Waals surface area contributed by atoms with Crippen molar-refractivity contribution in [3.8, 4) is 16.5 Å². The third kappa shape index (κ3) is 5.28. The summed E-state index contributed by atoms with van der Waals surface area (Å²) in [5, 5.41) is 3.89. The van der Waals surface area contributed by atoms with E-state index in [1.165, 1.54) is 25.1 Å². The number of primary amides is 1. The summed E-state index contributed by atoms with van der Waals surface area (Å²) in [7, 11) is 0. The molecule has 0 saturated carbocycles. The van der Waals surface area contributed by atoms with Gasteiger partial charge >= 0.3 is 6.18 Å². The molecule has 2 aromatic heterocycles. The maximum absolute atomic E-state index is 13.5. The molecule has 0 aliphatic carbocycles. The third-order valence-corrected chi connectivity index (χ3v) is 7.39. The molecule has 194 valence electrons.